The number of aromatic nitrogens is 3. The first-order valence-electron chi connectivity index (χ1n) is 8.12. The van der Waals surface area contributed by atoms with Gasteiger partial charge in [0.1, 0.15) is 11.5 Å². The van der Waals surface area contributed by atoms with Gasteiger partial charge in [-0.05, 0) is 57.2 Å². The lowest BCUT2D eigenvalue weighted by Gasteiger charge is -2.10. The lowest BCUT2D eigenvalue weighted by molar-refractivity contribution is 0.102. The minimum absolute atomic E-state index is 0.125. The van der Waals surface area contributed by atoms with Crippen molar-refractivity contribution < 1.29 is 14.1 Å². The highest BCUT2D eigenvalue weighted by Gasteiger charge is 2.11. The first-order chi connectivity index (χ1) is 12.5. The Morgan fingerprint density at radius 3 is 2.42 bits per heavy atom. The van der Waals surface area contributed by atoms with E-state index in [1.165, 1.54) is 0 Å². The van der Waals surface area contributed by atoms with Crippen LogP contribution in [0.15, 0.2) is 47.0 Å². The van der Waals surface area contributed by atoms with Crippen LogP contribution in [0, 0.1) is 6.92 Å². The number of anilines is 3. The summed E-state index contributed by atoms with van der Waals surface area (Å²) in [5.41, 5.74) is 1.02. The van der Waals surface area contributed by atoms with Crippen molar-refractivity contribution in [3.63, 3.8) is 0 Å². The number of carbonyl (C=O) groups excluding carboxylic acids is 1. The second-order valence-electron chi connectivity index (χ2n) is 5.90. The van der Waals surface area contributed by atoms with Crippen molar-refractivity contribution in [2.45, 2.75) is 26.9 Å². The van der Waals surface area contributed by atoms with E-state index in [2.05, 4.69) is 26.0 Å². The summed E-state index contributed by atoms with van der Waals surface area (Å²) >= 11 is 0. The van der Waals surface area contributed by atoms with Crippen molar-refractivity contribution >= 4 is 23.2 Å². The molecule has 0 atom stereocenters. The molecule has 2 heterocycles. The summed E-state index contributed by atoms with van der Waals surface area (Å²) in [6.45, 7) is 5.69. The number of hydrogen-bond acceptors (Lipinski definition) is 7. The third-order valence-electron chi connectivity index (χ3n) is 3.27. The van der Waals surface area contributed by atoms with Gasteiger partial charge in [0.15, 0.2) is 17.3 Å². The van der Waals surface area contributed by atoms with Gasteiger partial charge < -0.3 is 19.9 Å². The van der Waals surface area contributed by atoms with Crippen LogP contribution in [0.1, 0.15) is 30.1 Å². The van der Waals surface area contributed by atoms with Gasteiger partial charge in [-0.3, -0.25) is 4.79 Å². The Balaban J connectivity index is 1.61. The van der Waals surface area contributed by atoms with Crippen LogP contribution in [0.5, 0.6) is 5.75 Å². The predicted molar refractivity (Wildman–Crippen MR) is 96.7 cm³/mol. The van der Waals surface area contributed by atoms with Crippen molar-refractivity contribution in [3.8, 4) is 5.75 Å². The van der Waals surface area contributed by atoms with E-state index in [-0.39, 0.29) is 11.8 Å². The number of amides is 1. The first kappa shape index (κ1) is 17.4. The van der Waals surface area contributed by atoms with E-state index in [0.717, 1.165) is 11.4 Å². The lowest BCUT2D eigenvalue weighted by atomic mass is 10.3. The summed E-state index contributed by atoms with van der Waals surface area (Å²) in [5.74, 6) is 1.85. The quantitative estimate of drug-likeness (QED) is 0.698. The average molecular weight is 353 g/mol. The number of aryl methyl sites for hydroxylation is 1. The highest BCUT2D eigenvalue weighted by Crippen LogP contribution is 2.19. The molecule has 134 valence electrons. The van der Waals surface area contributed by atoms with Crippen LogP contribution in [0.3, 0.4) is 0 Å². The summed E-state index contributed by atoms with van der Waals surface area (Å²) in [5, 5.41) is 17.3. The molecule has 3 rings (SSSR count). The zero-order chi connectivity index (χ0) is 18.5. The second-order valence-corrected chi connectivity index (χ2v) is 5.90. The van der Waals surface area contributed by atoms with Gasteiger partial charge in [0.05, 0.1) is 6.10 Å². The molecule has 0 saturated carbocycles. The minimum Gasteiger partial charge on any atom is -0.491 e. The molecule has 0 spiro atoms. The van der Waals surface area contributed by atoms with E-state index in [4.69, 9.17) is 9.26 Å². The largest absolute Gasteiger partial charge is 0.491 e. The van der Waals surface area contributed by atoms with Gasteiger partial charge in [0.25, 0.3) is 5.91 Å². The van der Waals surface area contributed by atoms with E-state index >= 15 is 0 Å². The molecule has 0 aliphatic carbocycles. The fraction of sp³-hybridized carbons (Fsp3) is 0.222. The zero-order valence-corrected chi connectivity index (χ0v) is 14.7. The molecular weight excluding hydrogens is 334 g/mol. The van der Waals surface area contributed by atoms with Crippen LogP contribution in [-0.2, 0) is 0 Å². The number of rotatable bonds is 6. The molecule has 1 amide bonds. The molecule has 8 nitrogen and oxygen atoms in total. The Hall–Kier alpha value is -3.42. The first-order valence-corrected chi connectivity index (χ1v) is 8.12. The van der Waals surface area contributed by atoms with Crippen LogP contribution in [0.4, 0.5) is 17.3 Å². The number of carbonyl (C=O) groups is 1. The molecule has 0 unspecified atom stereocenters. The summed E-state index contributed by atoms with van der Waals surface area (Å²) in [4.78, 5) is 12.1. The highest BCUT2D eigenvalue weighted by atomic mass is 16.5. The van der Waals surface area contributed by atoms with Gasteiger partial charge in [0, 0.05) is 11.8 Å². The molecule has 0 radical (unpaired) electrons. The normalized spacial score (nSPS) is 10.6. The molecule has 2 aromatic heterocycles. The molecule has 8 heteroatoms. The molecule has 0 fully saturated rings. The number of ether oxygens (including phenoxy) is 1. The van der Waals surface area contributed by atoms with Gasteiger partial charge in [-0.2, -0.15) is 0 Å². The Labute approximate surface area is 150 Å². The number of hydrogen-bond donors (Lipinski definition) is 2. The maximum Gasteiger partial charge on any atom is 0.277 e. The average Bonchev–Trinajstić information content (AvgIpc) is 3.01. The van der Waals surface area contributed by atoms with Crippen molar-refractivity contribution in [3.05, 3.63) is 53.9 Å². The van der Waals surface area contributed by atoms with E-state index in [9.17, 15) is 4.79 Å². The fourth-order valence-corrected chi connectivity index (χ4v) is 2.16. The smallest absolute Gasteiger partial charge is 0.277 e. The summed E-state index contributed by atoms with van der Waals surface area (Å²) in [6, 6.07) is 12.4. The molecular formula is C18H19N5O3. The van der Waals surface area contributed by atoms with Gasteiger partial charge in [-0.15, -0.1) is 10.2 Å². The lowest BCUT2D eigenvalue weighted by Crippen LogP contribution is -2.14. The van der Waals surface area contributed by atoms with Crippen molar-refractivity contribution in [2.24, 2.45) is 0 Å². The van der Waals surface area contributed by atoms with Crippen molar-refractivity contribution in [1.29, 1.82) is 0 Å². The Morgan fingerprint density at radius 1 is 1.08 bits per heavy atom. The molecule has 1 aromatic carbocycles. The molecule has 0 bridgehead atoms. The molecule has 0 saturated heterocycles. The molecule has 0 aliphatic heterocycles. The van der Waals surface area contributed by atoms with E-state index in [1.54, 1.807) is 25.1 Å². The highest BCUT2D eigenvalue weighted by molar-refractivity contribution is 6.02. The fourth-order valence-electron chi connectivity index (χ4n) is 2.16. The summed E-state index contributed by atoms with van der Waals surface area (Å²) in [6.07, 6.45) is 0.125. The Bertz CT molecular complexity index is 873. The number of nitrogens with one attached hydrogen (secondary N) is 2. The second kappa shape index (κ2) is 7.64. The third-order valence-corrected chi connectivity index (χ3v) is 3.27. The number of benzene rings is 1. The third kappa shape index (κ3) is 4.56. The van der Waals surface area contributed by atoms with Gasteiger partial charge in [-0.25, -0.2) is 0 Å². The molecule has 26 heavy (non-hydrogen) atoms. The van der Waals surface area contributed by atoms with Crippen LogP contribution < -0.4 is 15.4 Å². The Morgan fingerprint density at radius 2 is 1.85 bits per heavy atom. The van der Waals surface area contributed by atoms with E-state index in [0.29, 0.717) is 17.4 Å². The standard InChI is InChI=1S/C18H19N5O3/c1-11(2)25-14-6-4-13(5-7-14)19-16-9-8-15(21-22-16)18(24)20-17-10-12(3)26-23-17/h4-11H,1-3H3,(H,19,22)(H,20,23,24). The monoisotopic (exact) mass is 353 g/mol. The Kier molecular flexibility index (Phi) is 5.12. The molecule has 2 N–H and O–H groups in total. The SMILES string of the molecule is Cc1cc(NC(=O)c2ccc(Nc3ccc(OC(C)C)cc3)nn2)no1. The number of nitrogens with zero attached hydrogens (tertiary/aromatic N) is 3. The van der Waals surface area contributed by atoms with Crippen molar-refractivity contribution in [2.75, 3.05) is 10.6 Å². The predicted octanol–water partition coefficient (Wildman–Crippen LogP) is 3.56. The molecule has 0 aliphatic rings. The van der Waals surface area contributed by atoms with Crippen molar-refractivity contribution in [1.82, 2.24) is 15.4 Å². The van der Waals surface area contributed by atoms with Crippen LogP contribution in [0.2, 0.25) is 0 Å². The van der Waals surface area contributed by atoms with Crippen LogP contribution in [0.25, 0.3) is 0 Å². The topological polar surface area (TPSA) is 102 Å². The summed E-state index contributed by atoms with van der Waals surface area (Å²) < 4.78 is 10.5. The molecule has 3 aromatic rings. The van der Waals surface area contributed by atoms with Gasteiger partial charge in [0.2, 0.25) is 0 Å². The van der Waals surface area contributed by atoms with Gasteiger partial charge >= 0.3 is 0 Å². The summed E-state index contributed by atoms with van der Waals surface area (Å²) in [7, 11) is 0. The van der Waals surface area contributed by atoms with Crippen LogP contribution in [-0.4, -0.2) is 27.4 Å². The minimum atomic E-state index is -0.410. The van der Waals surface area contributed by atoms with Gasteiger partial charge in [-0.1, -0.05) is 5.16 Å². The zero-order valence-electron chi connectivity index (χ0n) is 14.7. The van der Waals surface area contributed by atoms with E-state index in [1.807, 2.05) is 38.1 Å². The van der Waals surface area contributed by atoms with E-state index < -0.39 is 5.91 Å². The maximum atomic E-state index is 12.1. The van der Waals surface area contributed by atoms with Crippen LogP contribution >= 0.6 is 0 Å². The maximum absolute atomic E-state index is 12.1.